The number of ether oxygens (including phenoxy) is 1. The van der Waals surface area contributed by atoms with Crippen molar-refractivity contribution in [2.45, 2.75) is 37.7 Å². The van der Waals surface area contributed by atoms with Gasteiger partial charge in [-0.2, -0.15) is 11.8 Å². The Balaban J connectivity index is 1.68. The number of thioether (sulfide) groups is 1. The van der Waals surface area contributed by atoms with Gasteiger partial charge in [-0.1, -0.05) is 0 Å². The van der Waals surface area contributed by atoms with Crippen molar-refractivity contribution in [1.29, 1.82) is 0 Å². The van der Waals surface area contributed by atoms with Crippen LogP contribution < -0.4 is 5.32 Å². The molecule has 3 nitrogen and oxygen atoms in total. The molecule has 0 aromatic heterocycles. The van der Waals surface area contributed by atoms with Gasteiger partial charge < -0.3 is 10.1 Å². The summed E-state index contributed by atoms with van der Waals surface area (Å²) < 4.78 is 6.03. The van der Waals surface area contributed by atoms with Gasteiger partial charge in [-0.15, -0.1) is 0 Å². The van der Waals surface area contributed by atoms with Crippen molar-refractivity contribution in [2.24, 2.45) is 11.8 Å². The van der Waals surface area contributed by atoms with Crippen molar-refractivity contribution in [2.75, 3.05) is 24.7 Å². The first-order chi connectivity index (χ1) is 8.29. The van der Waals surface area contributed by atoms with Crippen LogP contribution in [0.15, 0.2) is 0 Å². The number of piperidine rings is 1. The Kier molecular flexibility index (Phi) is 3.35. The van der Waals surface area contributed by atoms with E-state index in [-0.39, 0.29) is 11.5 Å². The van der Waals surface area contributed by atoms with Crippen molar-refractivity contribution >= 4 is 17.7 Å². The maximum Gasteiger partial charge on any atom is 0.223 e. The molecule has 1 spiro atoms. The fourth-order valence-corrected chi connectivity index (χ4v) is 4.90. The van der Waals surface area contributed by atoms with Crippen LogP contribution >= 0.6 is 11.8 Å². The molecule has 0 aromatic carbocycles. The van der Waals surface area contributed by atoms with Crippen LogP contribution in [0.4, 0.5) is 0 Å². The number of nitrogens with one attached hydrogen (secondary N) is 1. The second kappa shape index (κ2) is 4.81. The van der Waals surface area contributed by atoms with Crippen LogP contribution in [-0.4, -0.2) is 36.2 Å². The summed E-state index contributed by atoms with van der Waals surface area (Å²) in [6.07, 6.45) is 5.60. The molecular formula is C13H21NO2S. The normalized spacial score (nSPS) is 42.7. The summed E-state index contributed by atoms with van der Waals surface area (Å²) in [7, 11) is 0. The van der Waals surface area contributed by atoms with Gasteiger partial charge in [-0.3, -0.25) is 4.79 Å². The summed E-state index contributed by atoms with van der Waals surface area (Å²) in [5.41, 5.74) is 0.116. The van der Waals surface area contributed by atoms with Gasteiger partial charge in [0.25, 0.3) is 0 Å². The molecule has 0 saturated carbocycles. The summed E-state index contributed by atoms with van der Waals surface area (Å²) in [5.74, 6) is 3.48. The molecule has 17 heavy (non-hydrogen) atoms. The number of rotatable bonds is 1. The molecule has 4 heteroatoms. The molecule has 96 valence electrons. The highest BCUT2D eigenvalue weighted by Crippen LogP contribution is 2.43. The minimum atomic E-state index is 0.116. The number of hydrogen-bond donors (Lipinski definition) is 1. The average molecular weight is 255 g/mol. The van der Waals surface area contributed by atoms with Crippen molar-refractivity contribution in [3.05, 3.63) is 0 Å². The number of carbonyl (C=O) groups is 1. The van der Waals surface area contributed by atoms with Crippen molar-refractivity contribution < 1.29 is 9.53 Å². The third kappa shape index (κ3) is 2.34. The zero-order valence-corrected chi connectivity index (χ0v) is 11.1. The maximum atomic E-state index is 11.9. The van der Waals surface area contributed by atoms with Crippen LogP contribution in [-0.2, 0) is 9.53 Å². The Labute approximate surface area is 107 Å². The molecular weight excluding hydrogens is 234 g/mol. The first kappa shape index (κ1) is 11.8. The van der Waals surface area contributed by atoms with Crippen molar-refractivity contribution in [3.63, 3.8) is 0 Å². The fraction of sp³-hybridized carbons (Fsp3) is 0.923. The lowest BCUT2D eigenvalue weighted by Gasteiger charge is -2.41. The van der Waals surface area contributed by atoms with Gasteiger partial charge in [0.2, 0.25) is 5.91 Å². The first-order valence-corrected chi connectivity index (χ1v) is 7.94. The van der Waals surface area contributed by atoms with E-state index in [9.17, 15) is 4.79 Å². The number of carbonyl (C=O) groups excluding carboxylic acids is 1. The monoisotopic (exact) mass is 255 g/mol. The predicted octanol–water partition coefficient (Wildman–Crippen LogP) is 1.81. The molecule has 3 saturated heterocycles. The molecule has 3 aliphatic heterocycles. The molecule has 1 N–H and O–H groups in total. The quantitative estimate of drug-likeness (QED) is 0.776. The summed E-state index contributed by atoms with van der Waals surface area (Å²) in [6, 6.07) is 0. The summed E-state index contributed by atoms with van der Waals surface area (Å²) >= 11 is 2.00. The topological polar surface area (TPSA) is 38.3 Å². The molecule has 3 fully saturated rings. The van der Waals surface area contributed by atoms with E-state index in [1.807, 2.05) is 11.8 Å². The van der Waals surface area contributed by atoms with Gasteiger partial charge >= 0.3 is 0 Å². The Morgan fingerprint density at radius 2 is 2.35 bits per heavy atom. The summed E-state index contributed by atoms with van der Waals surface area (Å²) in [5, 5.41) is 3.02. The summed E-state index contributed by atoms with van der Waals surface area (Å²) in [4.78, 5) is 11.9. The Morgan fingerprint density at radius 3 is 3.12 bits per heavy atom. The minimum absolute atomic E-state index is 0.116. The Hall–Kier alpha value is -0.220. The highest BCUT2D eigenvalue weighted by atomic mass is 32.2. The van der Waals surface area contributed by atoms with Gasteiger partial charge in [0.15, 0.2) is 0 Å². The molecule has 3 rings (SSSR count). The van der Waals surface area contributed by atoms with Gasteiger partial charge in [-0.05, 0) is 43.8 Å². The zero-order chi connectivity index (χ0) is 11.7. The van der Waals surface area contributed by atoms with E-state index >= 15 is 0 Å². The number of hydrogen-bond acceptors (Lipinski definition) is 3. The van der Waals surface area contributed by atoms with Gasteiger partial charge in [0.1, 0.15) is 0 Å². The zero-order valence-electron chi connectivity index (χ0n) is 10.2. The van der Waals surface area contributed by atoms with E-state index < -0.39 is 0 Å². The van der Waals surface area contributed by atoms with E-state index in [1.165, 1.54) is 12.2 Å². The van der Waals surface area contributed by atoms with E-state index in [4.69, 9.17) is 4.74 Å². The van der Waals surface area contributed by atoms with E-state index in [0.29, 0.717) is 11.8 Å². The van der Waals surface area contributed by atoms with Crippen LogP contribution in [0.1, 0.15) is 32.1 Å². The highest BCUT2D eigenvalue weighted by molar-refractivity contribution is 7.99. The SMILES string of the molecule is O=C1NCCCC1C1CCOC2(CCSC2)C1. The van der Waals surface area contributed by atoms with Crippen molar-refractivity contribution in [1.82, 2.24) is 5.32 Å². The lowest BCUT2D eigenvalue weighted by molar-refractivity contribution is -0.134. The second-order valence-electron chi connectivity index (χ2n) is 5.63. The van der Waals surface area contributed by atoms with E-state index in [1.54, 1.807) is 0 Å². The van der Waals surface area contributed by atoms with Crippen LogP contribution in [0.25, 0.3) is 0 Å². The smallest absolute Gasteiger partial charge is 0.223 e. The van der Waals surface area contributed by atoms with Crippen LogP contribution in [0.3, 0.4) is 0 Å². The molecule has 1 amide bonds. The molecule has 3 heterocycles. The molecule has 3 unspecified atom stereocenters. The Morgan fingerprint density at radius 1 is 1.41 bits per heavy atom. The first-order valence-electron chi connectivity index (χ1n) is 6.79. The minimum Gasteiger partial charge on any atom is -0.374 e. The molecule has 3 atom stereocenters. The van der Waals surface area contributed by atoms with Gasteiger partial charge in [0, 0.05) is 24.8 Å². The molecule has 0 radical (unpaired) electrons. The van der Waals surface area contributed by atoms with Gasteiger partial charge in [-0.25, -0.2) is 0 Å². The van der Waals surface area contributed by atoms with Crippen molar-refractivity contribution in [3.8, 4) is 0 Å². The van der Waals surface area contributed by atoms with E-state index in [2.05, 4.69) is 5.32 Å². The number of amides is 1. The molecule has 3 aliphatic rings. The second-order valence-corrected chi connectivity index (χ2v) is 6.73. The standard InChI is InChI=1S/C13H21NO2S/c15-12-11(2-1-5-14-12)10-3-6-16-13(8-10)4-7-17-9-13/h10-11H,1-9H2,(H,14,15). The Bertz CT molecular complexity index is 302. The van der Waals surface area contributed by atoms with Crippen LogP contribution in [0.2, 0.25) is 0 Å². The van der Waals surface area contributed by atoms with Crippen LogP contribution in [0, 0.1) is 11.8 Å². The lowest BCUT2D eigenvalue weighted by atomic mass is 9.75. The average Bonchev–Trinajstić information content (AvgIpc) is 2.78. The summed E-state index contributed by atoms with van der Waals surface area (Å²) in [6.45, 7) is 1.73. The third-order valence-corrected chi connectivity index (χ3v) is 5.72. The molecule has 0 aliphatic carbocycles. The molecule has 0 bridgehead atoms. The predicted molar refractivity (Wildman–Crippen MR) is 69.1 cm³/mol. The van der Waals surface area contributed by atoms with Gasteiger partial charge in [0.05, 0.1) is 5.60 Å². The maximum absolute atomic E-state index is 11.9. The largest absolute Gasteiger partial charge is 0.374 e. The van der Waals surface area contributed by atoms with Crippen LogP contribution in [0.5, 0.6) is 0 Å². The lowest BCUT2D eigenvalue weighted by Crippen LogP contribution is -2.47. The molecule has 0 aromatic rings. The fourth-order valence-electron chi connectivity index (χ4n) is 3.52. The third-order valence-electron chi connectivity index (χ3n) is 4.50. The highest BCUT2D eigenvalue weighted by Gasteiger charge is 2.44. The van der Waals surface area contributed by atoms with E-state index in [0.717, 1.165) is 44.6 Å².